The van der Waals surface area contributed by atoms with Gasteiger partial charge in [-0.25, -0.2) is 0 Å². The summed E-state index contributed by atoms with van der Waals surface area (Å²) in [7, 11) is 1.92. The van der Waals surface area contributed by atoms with E-state index in [1.54, 1.807) is 0 Å². The monoisotopic (exact) mass is 272 g/mol. The third-order valence-corrected chi connectivity index (χ3v) is 5.22. The van der Waals surface area contributed by atoms with E-state index in [1.165, 1.54) is 24.8 Å². The van der Waals surface area contributed by atoms with Crippen LogP contribution in [0.4, 0.5) is 0 Å². The molecular formula is C17H24N2O. The molecule has 2 fully saturated rings. The first-order valence-electron chi connectivity index (χ1n) is 7.71. The first-order chi connectivity index (χ1) is 9.66. The lowest BCUT2D eigenvalue weighted by atomic mass is 9.84. The minimum absolute atomic E-state index is 0.0783. The van der Waals surface area contributed by atoms with Gasteiger partial charge in [0.1, 0.15) is 0 Å². The van der Waals surface area contributed by atoms with Gasteiger partial charge in [0.25, 0.3) is 0 Å². The number of likely N-dealkylation sites (N-methyl/N-ethyl adjacent to an activating group) is 1. The van der Waals surface area contributed by atoms with Crippen molar-refractivity contribution in [2.45, 2.75) is 31.7 Å². The molecule has 2 aliphatic rings. The number of nitrogens with two attached hydrogens (primary N) is 1. The summed E-state index contributed by atoms with van der Waals surface area (Å²) in [5, 5.41) is 0. The first-order valence-corrected chi connectivity index (χ1v) is 7.71. The lowest BCUT2D eigenvalue weighted by molar-refractivity contribution is -0.136. The van der Waals surface area contributed by atoms with Crippen LogP contribution in [0.1, 0.15) is 24.8 Å². The summed E-state index contributed by atoms with van der Waals surface area (Å²) in [5.74, 6) is 1.48. The SMILES string of the molecule is CN(CCc1ccccc1)C(=O)[C@@H]1[C@H]2CC[C@@H](C2)[C@@H]1N. The number of hydrogen-bond acceptors (Lipinski definition) is 2. The molecule has 0 radical (unpaired) electrons. The quantitative estimate of drug-likeness (QED) is 0.912. The maximum atomic E-state index is 12.6. The number of carbonyl (C=O) groups is 1. The van der Waals surface area contributed by atoms with E-state index in [-0.39, 0.29) is 17.9 Å². The topological polar surface area (TPSA) is 46.3 Å². The van der Waals surface area contributed by atoms with E-state index in [9.17, 15) is 4.79 Å². The highest BCUT2D eigenvalue weighted by Gasteiger charge is 2.49. The summed E-state index contributed by atoms with van der Waals surface area (Å²) in [6, 6.07) is 10.4. The van der Waals surface area contributed by atoms with E-state index in [0.29, 0.717) is 11.8 Å². The number of rotatable bonds is 4. The maximum absolute atomic E-state index is 12.6. The van der Waals surface area contributed by atoms with Crippen molar-refractivity contribution in [2.75, 3.05) is 13.6 Å². The van der Waals surface area contributed by atoms with E-state index in [2.05, 4.69) is 12.1 Å². The van der Waals surface area contributed by atoms with E-state index in [4.69, 9.17) is 5.73 Å². The molecule has 0 aromatic heterocycles. The van der Waals surface area contributed by atoms with Crippen LogP contribution in [0.15, 0.2) is 30.3 Å². The second-order valence-electron chi connectivity index (χ2n) is 6.43. The first kappa shape index (κ1) is 13.6. The van der Waals surface area contributed by atoms with Crippen molar-refractivity contribution in [2.24, 2.45) is 23.5 Å². The molecule has 3 nitrogen and oxygen atoms in total. The Balaban J connectivity index is 1.57. The van der Waals surface area contributed by atoms with Crippen molar-refractivity contribution in [1.82, 2.24) is 4.90 Å². The molecular weight excluding hydrogens is 248 g/mol. The molecule has 1 aromatic carbocycles. The average Bonchev–Trinajstić information content (AvgIpc) is 3.06. The van der Waals surface area contributed by atoms with Gasteiger partial charge in [-0.15, -0.1) is 0 Å². The lowest BCUT2D eigenvalue weighted by Crippen LogP contribution is -2.46. The second-order valence-corrected chi connectivity index (χ2v) is 6.43. The van der Waals surface area contributed by atoms with E-state index in [0.717, 1.165) is 13.0 Å². The Hall–Kier alpha value is -1.35. The molecule has 2 N–H and O–H groups in total. The van der Waals surface area contributed by atoms with Gasteiger partial charge in [-0.2, -0.15) is 0 Å². The van der Waals surface area contributed by atoms with E-state index in [1.807, 2.05) is 30.1 Å². The molecule has 4 atom stereocenters. The Morgan fingerprint density at radius 2 is 1.95 bits per heavy atom. The predicted molar refractivity (Wildman–Crippen MR) is 80.1 cm³/mol. The van der Waals surface area contributed by atoms with Gasteiger partial charge >= 0.3 is 0 Å². The normalized spacial score (nSPS) is 31.5. The van der Waals surface area contributed by atoms with Crippen molar-refractivity contribution in [3.05, 3.63) is 35.9 Å². The Morgan fingerprint density at radius 1 is 1.25 bits per heavy atom. The molecule has 3 heteroatoms. The van der Waals surface area contributed by atoms with Crippen molar-refractivity contribution >= 4 is 5.91 Å². The molecule has 0 unspecified atom stereocenters. The minimum Gasteiger partial charge on any atom is -0.345 e. The minimum atomic E-state index is 0.0783. The van der Waals surface area contributed by atoms with E-state index >= 15 is 0 Å². The molecule has 2 saturated carbocycles. The van der Waals surface area contributed by atoms with Crippen LogP contribution in [0.3, 0.4) is 0 Å². The van der Waals surface area contributed by atoms with Gasteiger partial charge in [0.2, 0.25) is 5.91 Å². The molecule has 2 aliphatic carbocycles. The highest BCUT2D eigenvalue weighted by Crippen LogP contribution is 2.48. The van der Waals surface area contributed by atoms with Crippen LogP contribution >= 0.6 is 0 Å². The van der Waals surface area contributed by atoms with Crippen LogP contribution in [0.2, 0.25) is 0 Å². The maximum Gasteiger partial charge on any atom is 0.227 e. The zero-order valence-corrected chi connectivity index (χ0v) is 12.2. The third kappa shape index (κ3) is 2.47. The van der Waals surface area contributed by atoms with Crippen LogP contribution in [0.25, 0.3) is 0 Å². The number of amides is 1. The van der Waals surface area contributed by atoms with Crippen molar-refractivity contribution in [3.8, 4) is 0 Å². The van der Waals surface area contributed by atoms with Gasteiger partial charge < -0.3 is 10.6 Å². The van der Waals surface area contributed by atoms with Crippen LogP contribution in [0, 0.1) is 17.8 Å². The second kappa shape index (κ2) is 5.57. The van der Waals surface area contributed by atoms with Crippen molar-refractivity contribution in [1.29, 1.82) is 0 Å². The molecule has 0 saturated heterocycles. The van der Waals surface area contributed by atoms with Crippen LogP contribution in [0.5, 0.6) is 0 Å². The fourth-order valence-electron chi connectivity index (χ4n) is 4.01. The molecule has 0 heterocycles. The standard InChI is InChI=1S/C17H24N2O/c1-19(10-9-12-5-3-2-4-6-12)17(20)15-13-7-8-14(11-13)16(15)18/h2-6,13-16H,7-11,18H2,1H3/t13-,14-,15+,16-/m0/s1. The molecule has 108 valence electrons. The molecule has 1 amide bonds. The molecule has 20 heavy (non-hydrogen) atoms. The Morgan fingerprint density at radius 3 is 2.60 bits per heavy atom. The van der Waals surface area contributed by atoms with Crippen LogP contribution < -0.4 is 5.73 Å². The Bertz CT molecular complexity index is 471. The largest absolute Gasteiger partial charge is 0.345 e. The number of carbonyl (C=O) groups excluding carboxylic acids is 1. The third-order valence-electron chi connectivity index (χ3n) is 5.22. The lowest BCUT2D eigenvalue weighted by Gasteiger charge is -2.30. The molecule has 0 aliphatic heterocycles. The average molecular weight is 272 g/mol. The molecule has 0 spiro atoms. The zero-order valence-electron chi connectivity index (χ0n) is 12.2. The van der Waals surface area contributed by atoms with Gasteiger partial charge in [-0.3, -0.25) is 4.79 Å². The number of fused-ring (bicyclic) bond motifs is 2. The summed E-state index contributed by atoms with van der Waals surface area (Å²) in [5.41, 5.74) is 7.54. The summed E-state index contributed by atoms with van der Waals surface area (Å²) in [4.78, 5) is 14.5. The Kier molecular flexibility index (Phi) is 3.79. The predicted octanol–water partition coefficient (Wildman–Crippen LogP) is 2.06. The highest BCUT2D eigenvalue weighted by atomic mass is 16.2. The van der Waals surface area contributed by atoms with Gasteiger partial charge in [0, 0.05) is 19.6 Å². The van der Waals surface area contributed by atoms with Gasteiger partial charge in [0.15, 0.2) is 0 Å². The van der Waals surface area contributed by atoms with Crippen molar-refractivity contribution < 1.29 is 4.79 Å². The van der Waals surface area contributed by atoms with Crippen molar-refractivity contribution in [3.63, 3.8) is 0 Å². The van der Waals surface area contributed by atoms with Gasteiger partial charge in [-0.1, -0.05) is 30.3 Å². The number of nitrogens with zero attached hydrogens (tertiary/aromatic N) is 1. The summed E-state index contributed by atoms with van der Waals surface area (Å²) < 4.78 is 0. The number of hydrogen-bond donors (Lipinski definition) is 1. The Labute approximate surface area is 121 Å². The molecule has 3 rings (SSSR count). The van der Waals surface area contributed by atoms with Crippen LogP contribution in [-0.2, 0) is 11.2 Å². The highest BCUT2D eigenvalue weighted by molar-refractivity contribution is 5.80. The van der Waals surface area contributed by atoms with Gasteiger partial charge in [0.05, 0.1) is 5.92 Å². The molecule has 1 aromatic rings. The summed E-state index contributed by atoms with van der Waals surface area (Å²) >= 11 is 0. The molecule has 2 bridgehead atoms. The van der Waals surface area contributed by atoms with E-state index < -0.39 is 0 Å². The van der Waals surface area contributed by atoms with Gasteiger partial charge in [-0.05, 0) is 43.1 Å². The fourth-order valence-corrected chi connectivity index (χ4v) is 4.01. The smallest absolute Gasteiger partial charge is 0.227 e. The fraction of sp³-hybridized carbons (Fsp3) is 0.588. The van der Waals surface area contributed by atoms with Crippen LogP contribution in [-0.4, -0.2) is 30.4 Å². The summed E-state index contributed by atoms with van der Waals surface area (Å²) in [6.45, 7) is 0.781. The number of benzene rings is 1. The zero-order chi connectivity index (χ0) is 14.1. The summed E-state index contributed by atoms with van der Waals surface area (Å²) in [6.07, 6.45) is 4.51.